The zero-order valence-corrected chi connectivity index (χ0v) is 13.3. The van der Waals surface area contributed by atoms with E-state index in [0.29, 0.717) is 27.3 Å². The summed E-state index contributed by atoms with van der Waals surface area (Å²) in [7, 11) is 0. The van der Waals surface area contributed by atoms with Gasteiger partial charge in [-0.05, 0) is 30.3 Å². The maximum absolute atomic E-state index is 12.1. The molecule has 2 N–H and O–H groups in total. The molecule has 0 fully saturated rings. The molecule has 0 aliphatic rings. The molecule has 0 saturated heterocycles. The molecule has 0 unspecified atom stereocenters. The van der Waals surface area contributed by atoms with Crippen molar-refractivity contribution in [1.82, 2.24) is 25.5 Å². The van der Waals surface area contributed by atoms with Crippen LogP contribution in [-0.4, -0.2) is 26.1 Å². The molecule has 0 spiro atoms. The van der Waals surface area contributed by atoms with Crippen LogP contribution in [0.4, 0.5) is 0 Å². The third-order valence-corrected chi connectivity index (χ3v) is 3.79. The summed E-state index contributed by atoms with van der Waals surface area (Å²) in [4.78, 5) is 20.4. The Kier molecular flexibility index (Phi) is 4.55. The molecule has 0 aliphatic heterocycles. The van der Waals surface area contributed by atoms with E-state index in [0.717, 1.165) is 5.56 Å². The summed E-state index contributed by atoms with van der Waals surface area (Å²) >= 11 is 11.7. The fourth-order valence-electron chi connectivity index (χ4n) is 1.90. The molecule has 6 nitrogen and oxygen atoms in total. The maximum atomic E-state index is 12.1. The Morgan fingerprint density at radius 3 is 2.83 bits per heavy atom. The van der Waals surface area contributed by atoms with Crippen LogP contribution in [0.1, 0.15) is 16.2 Å². The van der Waals surface area contributed by atoms with Gasteiger partial charge in [0, 0.05) is 23.5 Å². The summed E-state index contributed by atoms with van der Waals surface area (Å²) in [6, 6.07) is 8.35. The van der Waals surface area contributed by atoms with E-state index in [1.807, 2.05) is 6.07 Å². The molecule has 0 bridgehead atoms. The first kappa shape index (κ1) is 15.5. The summed E-state index contributed by atoms with van der Waals surface area (Å²) in [6.07, 6.45) is 3.34. The highest BCUT2D eigenvalue weighted by Crippen LogP contribution is 2.22. The number of aromatic nitrogens is 4. The molecule has 23 heavy (non-hydrogen) atoms. The van der Waals surface area contributed by atoms with Crippen molar-refractivity contribution in [2.24, 2.45) is 0 Å². The number of nitrogens with zero attached hydrogens (tertiary/aromatic N) is 3. The molecule has 0 saturated carbocycles. The number of hydrogen-bond acceptors (Lipinski definition) is 4. The van der Waals surface area contributed by atoms with Gasteiger partial charge in [0.25, 0.3) is 5.91 Å². The lowest BCUT2D eigenvalue weighted by molar-refractivity contribution is 0.0950. The van der Waals surface area contributed by atoms with Gasteiger partial charge in [-0.2, -0.15) is 5.10 Å². The highest BCUT2D eigenvalue weighted by Gasteiger charge is 2.10. The van der Waals surface area contributed by atoms with Crippen molar-refractivity contribution in [3.05, 3.63) is 64.2 Å². The van der Waals surface area contributed by atoms with Gasteiger partial charge in [-0.1, -0.05) is 23.2 Å². The Morgan fingerprint density at radius 1 is 1.22 bits per heavy atom. The number of hydrogen-bond donors (Lipinski definition) is 2. The van der Waals surface area contributed by atoms with E-state index in [2.05, 4.69) is 25.5 Å². The van der Waals surface area contributed by atoms with E-state index >= 15 is 0 Å². The van der Waals surface area contributed by atoms with Crippen molar-refractivity contribution in [2.45, 2.75) is 6.54 Å². The molecule has 2 heterocycles. The van der Waals surface area contributed by atoms with Crippen LogP contribution in [0.25, 0.3) is 11.4 Å². The van der Waals surface area contributed by atoms with Crippen molar-refractivity contribution in [3.8, 4) is 11.4 Å². The van der Waals surface area contributed by atoms with Crippen LogP contribution in [-0.2, 0) is 6.54 Å². The summed E-state index contributed by atoms with van der Waals surface area (Å²) in [5, 5.41) is 10.3. The quantitative estimate of drug-likeness (QED) is 0.759. The minimum absolute atomic E-state index is 0.215. The number of carbonyl (C=O) groups excluding carboxylic acids is 1. The first-order valence-electron chi connectivity index (χ1n) is 6.68. The van der Waals surface area contributed by atoms with Gasteiger partial charge in [0.2, 0.25) is 0 Å². The lowest BCUT2D eigenvalue weighted by Crippen LogP contribution is -2.23. The second-order valence-corrected chi connectivity index (χ2v) is 5.47. The Labute approximate surface area is 141 Å². The molecular weight excluding hydrogens is 337 g/mol. The maximum Gasteiger partial charge on any atom is 0.251 e. The largest absolute Gasteiger partial charge is 0.345 e. The second-order valence-electron chi connectivity index (χ2n) is 4.66. The summed E-state index contributed by atoms with van der Waals surface area (Å²) in [5.41, 5.74) is 1.22. The average Bonchev–Trinajstić information content (AvgIpc) is 3.05. The molecular formula is C15H11Cl2N5O. The Hall–Kier alpha value is -2.44. The Balaban J connectivity index is 1.65. The monoisotopic (exact) mass is 347 g/mol. The van der Waals surface area contributed by atoms with Crippen LogP contribution in [0.5, 0.6) is 0 Å². The van der Waals surface area contributed by atoms with Gasteiger partial charge in [-0.15, -0.1) is 0 Å². The fourth-order valence-corrected chi connectivity index (χ4v) is 2.20. The highest BCUT2D eigenvalue weighted by atomic mass is 35.5. The number of nitrogens with one attached hydrogen (secondary N) is 2. The number of H-pyrrole nitrogens is 1. The van der Waals surface area contributed by atoms with Crippen LogP contribution in [0, 0.1) is 0 Å². The van der Waals surface area contributed by atoms with Gasteiger partial charge in [-0.3, -0.25) is 14.9 Å². The number of amides is 1. The van der Waals surface area contributed by atoms with Crippen molar-refractivity contribution >= 4 is 29.1 Å². The number of pyridine rings is 1. The van der Waals surface area contributed by atoms with Gasteiger partial charge in [0.15, 0.2) is 5.82 Å². The third kappa shape index (κ3) is 3.67. The average molecular weight is 348 g/mol. The topological polar surface area (TPSA) is 83.6 Å². The number of halogens is 2. The van der Waals surface area contributed by atoms with Gasteiger partial charge < -0.3 is 5.32 Å². The predicted molar refractivity (Wildman–Crippen MR) is 87.2 cm³/mol. The molecule has 1 amide bonds. The molecule has 2 aromatic heterocycles. The molecule has 8 heteroatoms. The first-order chi connectivity index (χ1) is 11.1. The van der Waals surface area contributed by atoms with Crippen LogP contribution in [0.3, 0.4) is 0 Å². The zero-order valence-electron chi connectivity index (χ0n) is 11.8. The Morgan fingerprint density at radius 2 is 2.09 bits per heavy atom. The minimum Gasteiger partial charge on any atom is -0.345 e. The van der Waals surface area contributed by atoms with Crippen LogP contribution in [0.2, 0.25) is 10.0 Å². The smallest absolute Gasteiger partial charge is 0.251 e. The second kappa shape index (κ2) is 6.76. The van der Waals surface area contributed by atoms with Gasteiger partial charge in [-0.25, -0.2) is 4.98 Å². The van der Waals surface area contributed by atoms with Gasteiger partial charge in [0.1, 0.15) is 5.82 Å². The molecule has 3 aromatic rings. The minimum atomic E-state index is -0.275. The number of carbonyl (C=O) groups is 1. The van der Waals surface area contributed by atoms with Crippen LogP contribution in [0.15, 0.2) is 42.7 Å². The number of rotatable bonds is 4. The lowest BCUT2D eigenvalue weighted by atomic mass is 10.2. The highest BCUT2D eigenvalue weighted by molar-refractivity contribution is 6.42. The third-order valence-electron chi connectivity index (χ3n) is 3.05. The van der Waals surface area contributed by atoms with Crippen LogP contribution >= 0.6 is 23.2 Å². The molecule has 1 aromatic carbocycles. The van der Waals surface area contributed by atoms with Gasteiger partial charge in [0.05, 0.1) is 16.6 Å². The molecule has 0 atom stereocenters. The van der Waals surface area contributed by atoms with E-state index in [-0.39, 0.29) is 12.5 Å². The summed E-state index contributed by atoms with van der Waals surface area (Å²) in [6.45, 7) is 0.215. The SMILES string of the molecule is O=C(NCc1nc(-c2cccnc2)n[nH]1)c1ccc(Cl)c(Cl)c1. The van der Waals surface area contributed by atoms with Crippen molar-refractivity contribution in [2.75, 3.05) is 0 Å². The van der Waals surface area contributed by atoms with E-state index < -0.39 is 0 Å². The van der Waals surface area contributed by atoms with E-state index in [1.165, 1.54) is 6.07 Å². The fraction of sp³-hybridized carbons (Fsp3) is 0.0667. The van der Waals surface area contributed by atoms with Gasteiger partial charge >= 0.3 is 0 Å². The van der Waals surface area contributed by atoms with Crippen molar-refractivity contribution < 1.29 is 4.79 Å². The normalized spacial score (nSPS) is 10.5. The molecule has 116 valence electrons. The molecule has 0 radical (unpaired) electrons. The number of benzene rings is 1. The van der Waals surface area contributed by atoms with Crippen molar-refractivity contribution in [1.29, 1.82) is 0 Å². The molecule has 0 aliphatic carbocycles. The van der Waals surface area contributed by atoms with E-state index in [9.17, 15) is 4.79 Å². The van der Waals surface area contributed by atoms with Crippen LogP contribution < -0.4 is 5.32 Å². The molecule has 3 rings (SSSR count). The summed E-state index contributed by atoms with van der Waals surface area (Å²) < 4.78 is 0. The van der Waals surface area contributed by atoms with E-state index in [4.69, 9.17) is 23.2 Å². The van der Waals surface area contributed by atoms with E-state index in [1.54, 1.807) is 30.6 Å². The standard InChI is InChI=1S/C15H11Cl2N5O/c16-11-4-3-9(6-12(11)17)15(23)19-8-13-20-14(22-21-13)10-2-1-5-18-7-10/h1-7H,8H2,(H,19,23)(H,20,21,22). The lowest BCUT2D eigenvalue weighted by Gasteiger charge is -2.04. The number of aromatic amines is 1. The first-order valence-corrected chi connectivity index (χ1v) is 7.44. The summed E-state index contributed by atoms with van der Waals surface area (Å²) in [5.74, 6) is 0.789. The zero-order chi connectivity index (χ0) is 16.2. The van der Waals surface area contributed by atoms with Crippen molar-refractivity contribution in [3.63, 3.8) is 0 Å². The Bertz CT molecular complexity index is 835. The predicted octanol–water partition coefficient (Wildman–Crippen LogP) is 3.10.